The zero-order chi connectivity index (χ0) is 27.5. The second-order valence-corrected chi connectivity index (χ2v) is 10.8. The molecule has 0 bridgehead atoms. The molecule has 0 spiro atoms. The number of phenols is 1. The fourth-order valence-electron chi connectivity index (χ4n) is 2.77. The first-order valence-corrected chi connectivity index (χ1v) is 13.0. The number of nitriles is 1. The molecule has 1 N–H and O–H groups in total. The number of benzene rings is 2. The Morgan fingerprint density at radius 1 is 1.25 bits per heavy atom. The number of carbonyl (C=O) groups is 1. The summed E-state index contributed by atoms with van der Waals surface area (Å²) >= 11 is 12.7. The Labute approximate surface area is 244 Å². The van der Waals surface area contributed by atoms with Crippen LogP contribution in [-0.2, 0) is 18.0 Å². The summed E-state index contributed by atoms with van der Waals surface area (Å²) in [6.45, 7) is 3.22. The molecule has 192 valence electrons. The van der Waals surface area contributed by atoms with Gasteiger partial charge in [-0.05, 0) is 99.2 Å². The highest BCUT2D eigenvalue weighted by atomic mass is 127. The normalized spacial score (nSPS) is 11.1. The molecular formula is C22H15BrClF4I2N3O3. The van der Waals surface area contributed by atoms with Gasteiger partial charge in [0.25, 0.3) is 0 Å². The van der Waals surface area contributed by atoms with E-state index in [0.29, 0.717) is 17.4 Å². The van der Waals surface area contributed by atoms with Gasteiger partial charge in [0.1, 0.15) is 17.3 Å². The molecule has 0 atom stereocenters. The number of ether oxygens (including phenoxy) is 1. The lowest BCUT2D eigenvalue weighted by Gasteiger charge is -2.11. The second kappa shape index (κ2) is 12.3. The van der Waals surface area contributed by atoms with Crippen molar-refractivity contribution in [2.45, 2.75) is 26.1 Å². The van der Waals surface area contributed by atoms with Gasteiger partial charge in [0.05, 0.1) is 39.9 Å². The van der Waals surface area contributed by atoms with Crippen LogP contribution in [0.1, 0.15) is 35.5 Å². The fraction of sp³-hybridized carbons (Fsp3) is 0.227. The van der Waals surface area contributed by atoms with Crippen molar-refractivity contribution in [2.24, 2.45) is 7.05 Å². The quantitative estimate of drug-likeness (QED) is 0.167. The van der Waals surface area contributed by atoms with Gasteiger partial charge in [-0.15, -0.1) is 0 Å². The number of esters is 1. The third kappa shape index (κ3) is 7.23. The molecule has 6 nitrogen and oxygen atoms in total. The third-order valence-electron chi connectivity index (χ3n) is 4.28. The number of phenolic OH excluding ortho intramolecular Hbond substituents is 1. The summed E-state index contributed by atoms with van der Waals surface area (Å²) < 4.78 is 60.1. The predicted molar refractivity (Wildman–Crippen MR) is 145 cm³/mol. The molecule has 0 saturated heterocycles. The maximum atomic E-state index is 14.3. The molecule has 0 amide bonds. The Balaban J connectivity index is 0.000000346. The minimum absolute atomic E-state index is 0.169. The lowest BCUT2D eigenvalue weighted by Crippen LogP contribution is -2.12. The van der Waals surface area contributed by atoms with Crippen molar-refractivity contribution in [1.29, 1.82) is 5.26 Å². The molecule has 0 aliphatic carbocycles. The second-order valence-electron chi connectivity index (χ2n) is 7.30. The van der Waals surface area contributed by atoms with Gasteiger partial charge in [-0.25, -0.2) is 9.18 Å². The summed E-state index contributed by atoms with van der Waals surface area (Å²) in [7, 11) is 1.08. The van der Waals surface area contributed by atoms with Crippen LogP contribution in [-0.4, -0.2) is 27.0 Å². The molecular weight excluding hydrogens is 799 g/mol. The van der Waals surface area contributed by atoms with Gasteiger partial charge in [-0.2, -0.15) is 23.5 Å². The van der Waals surface area contributed by atoms with Crippen LogP contribution in [0.3, 0.4) is 0 Å². The van der Waals surface area contributed by atoms with Gasteiger partial charge in [0, 0.05) is 12.6 Å². The molecule has 14 heteroatoms. The number of aryl methyl sites for hydroxylation is 1. The molecule has 0 unspecified atom stereocenters. The van der Waals surface area contributed by atoms with E-state index in [1.807, 2.05) is 51.3 Å². The van der Waals surface area contributed by atoms with Crippen molar-refractivity contribution in [2.75, 3.05) is 0 Å². The zero-order valence-electron chi connectivity index (χ0n) is 18.5. The molecule has 3 rings (SSSR count). The van der Waals surface area contributed by atoms with Crippen LogP contribution in [0.15, 0.2) is 28.7 Å². The molecule has 3 aromatic rings. The van der Waals surface area contributed by atoms with Crippen LogP contribution in [0.5, 0.6) is 5.75 Å². The molecule has 0 aliphatic heterocycles. The molecule has 36 heavy (non-hydrogen) atoms. The Morgan fingerprint density at radius 3 is 2.25 bits per heavy atom. The molecule has 2 aromatic carbocycles. The van der Waals surface area contributed by atoms with E-state index < -0.39 is 34.2 Å². The number of rotatable bonds is 3. The van der Waals surface area contributed by atoms with Gasteiger partial charge in [0.15, 0.2) is 5.69 Å². The molecule has 0 fully saturated rings. The lowest BCUT2D eigenvalue weighted by atomic mass is 10.1. The summed E-state index contributed by atoms with van der Waals surface area (Å²) in [5.74, 6) is -1.48. The van der Waals surface area contributed by atoms with E-state index in [-0.39, 0.29) is 27.6 Å². The first-order valence-electron chi connectivity index (χ1n) is 9.66. The van der Waals surface area contributed by atoms with Crippen LogP contribution < -0.4 is 0 Å². The van der Waals surface area contributed by atoms with E-state index >= 15 is 0 Å². The standard InChI is InChI=1S/C15H12BrClF4N2O2.C7H3I2NO/c1-6(2)25-14(24)7-4-8(10(18)5-9(7)17)12-11(16)13(15(19,20)21)23(3)22-12;8-5-1-4(3-10)2-6(9)7(5)11/h4-6H,1-3H3;1-2,11H. The number of hydrogen-bond donors (Lipinski definition) is 1. The van der Waals surface area contributed by atoms with Crippen molar-refractivity contribution in [3.63, 3.8) is 0 Å². The zero-order valence-corrected chi connectivity index (χ0v) is 25.2. The molecule has 0 aliphatic rings. The minimum atomic E-state index is -4.69. The highest BCUT2D eigenvalue weighted by Gasteiger charge is 2.39. The smallest absolute Gasteiger partial charge is 0.434 e. The summed E-state index contributed by atoms with van der Waals surface area (Å²) in [6, 6.07) is 7.18. The van der Waals surface area contributed by atoms with Crippen LogP contribution in [0.4, 0.5) is 17.6 Å². The van der Waals surface area contributed by atoms with Gasteiger partial charge < -0.3 is 9.84 Å². The monoisotopic (exact) mass is 813 g/mol. The number of aromatic nitrogens is 2. The topological polar surface area (TPSA) is 88.1 Å². The largest absolute Gasteiger partial charge is 0.506 e. The number of aromatic hydroxyl groups is 1. The van der Waals surface area contributed by atoms with E-state index in [4.69, 9.17) is 21.6 Å². The summed E-state index contributed by atoms with van der Waals surface area (Å²) in [6.07, 6.45) is -5.14. The highest BCUT2D eigenvalue weighted by Crippen LogP contribution is 2.41. The third-order valence-corrected chi connectivity index (χ3v) is 6.99. The number of nitrogens with zero attached hydrogens (tertiary/aromatic N) is 3. The molecule has 0 radical (unpaired) electrons. The number of carbonyl (C=O) groups excluding carboxylic acids is 1. The maximum absolute atomic E-state index is 14.3. The fourth-order valence-corrected chi connectivity index (χ4v) is 5.54. The Bertz CT molecular complexity index is 1330. The van der Waals surface area contributed by atoms with E-state index in [2.05, 4.69) is 21.0 Å². The molecule has 0 saturated carbocycles. The molecule has 1 aromatic heterocycles. The van der Waals surface area contributed by atoms with Crippen molar-refractivity contribution >= 4 is 78.7 Å². The predicted octanol–water partition coefficient (Wildman–Crippen LogP) is 7.70. The summed E-state index contributed by atoms with van der Waals surface area (Å²) in [5, 5.41) is 21.3. The summed E-state index contributed by atoms with van der Waals surface area (Å²) in [4.78, 5) is 12.0. The van der Waals surface area contributed by atoms with Gasteiger partial charge in [-0.3, -0.25) is 4.68 Å². The number of hydrogen-bond acceptors (Lipinski definition) is 5. The van der Waals surface area contributed by atoms with Crippen molar-refractivity contribution in [3.05, 3.63) is 63.5 Å². The summed E-state index contributed by atoms with van der Waals surface area (Å²) in [5.41, 5.74) is -1.28. The lowest BCUT2D eigenvalue weighted by molar-refractivity contribution is -0.144. The van der Waals surface area contributed by atoms with E-state index in [1.54, 1.807) is 26.0 Å². The number of halogens is 8. The Morgan fingerprint density at radius 2 is 1.81 bits per heavy atom. The molecule has 1 heterocycles. The van der Waals surface area contributed by atoms with Crippen LogP contribution >= 0.6 is 72.7 Å². The minimum Gasteiger partial charge on any atom is -0.506 e. The van der Waals surface area contributed by atoms with Crippen LogP contribution in [0, 0.1) is 24.3 Å². The Kier molecular flexibility index (Phi) is 10.4. The van der Waals surface area contributed by atoms with Gasteiger partial charge in [0.2, 0.25) is 0 Å². The Hall–Kier alpha value is -1.64. The van der Waals surface area contributed by atoms with Crippen molar-refractivity contribution in [1.82, 2.24) is 9.78 Å². The van der Waals surface area contributed by atoms with E-state index in [0.717, 1.165) is 19.2 Å². The highest BCUT2D eigenvalue weighted by molar-refractivity contribution is 14.1. The maximum Gasteiger partial charge on any atom is 0.434 e. The van der Waals surface area contributed by atoms with Crippen molar-refractivity contribution in [3.8, 4) is 23.1 Å². The van der Waals surface area contributed by atoms with Gasteiger partial charge in [-0.1, -0.05) is 11.6 Å². The van der Waals surface area contributed by atoms with Crippen LogP contribution in [0.25, 0.3) is 11.3 Å². The number of alkyl halides is 3. The first kappa shape index (κ1) is 30.6. The van der Waals surface area contributed by atoms with E-state index in [1.165, 1.54) is 0 Å². The SMILES string of the molecule is CC(C)OC(=O)c1cc(-c2nn(C)c(C(F)(F)F)c2Br)c(F)cc1Cl.N#Cc1cc(I)c(O)c(I)c1. The average molecular weight is 815 g/mol. The van der Waals surface area contributed by atoms with E-state index in [9.17, 15) is 27.5 Å². The van der Waals surface area contributed by atoms with Gasteiger partial charge >= 0.3 is 12.1 Å². The van der Waals surface area contributed by atoms with Crippen LogP contribution in [0.2, 0.25) is 5.02 Å². The average Bonchev–Trinajstić information content (AvgIpc) is 3.05. The van der Waals surface area contributed by atoms with Crippen molar-refractivity contribution < 1.29 is 32.2 Å². The first-order chi connectivity index (χ1) is 16.6.